The van der Waals surface area contributed by atoms with E-state index in [9.17, 15) is 9.90 Å². The molecule has 0 saturated heterocycles. The molecular weight excluding hydrogens is 282 g/mol. The van der Waals surface area contributed by atoms with Crippen molar-refractivity contribution in [3.8, 4) is 0 Å². The molecule has 3 nitrogen and oxygen atoms in total. The molecule has 0 radical (unpaired) electrons. The Morgan fingerprint density at radius 2 is 2.18 bits per heavy atom. The van der Waals surface area contributed by atoms with Crippen molar-refractivity contribution in [2.24, 2.45) is 5.92 Å². The number of aliphatic carboxylic acids is 1. The molecule has 17 heavy (non-hydrogen) atoms. The van der Waals surface area contributed by atoms with Gasteiger partial charge in [-0.1, -0.05) is 19.1 Å². The van der Waals surface area contributed by atoms with Gasteiger partial charge in [0, 0.05) is 10.2 Å². The molecule has 4 heteroatoms. The maximum atomic E-state index is 11.6. The van der Waals surface area contributed by atoms with Gasteiger partial charge in [-0.2, -0.15) is 0 Å². The third-order valence-electron chi connectivity index (χ3n) is 3.45. The molecule has 92 valence electrons. The summed E-state index contributed by atoms with van der Waals surface area (Å²) < 4.78 is 0.903. The Morgan fingerprint density at radius 3 is 2.65 bits per heavy atom. The highest BCUT2D eigenvalue weighted by Gasteiger charge is 2.50. The van der Waals surface area contributed by atoms with E-state index in [1.807, 2.05) is 31.2 Å². The molecule has 1 aliphatic rings. The summed E-state index contributed by atoms with van der Waals surface area (Å²) >= 11 is 3.44. The van der Waals surface area contributed by atoms with Gasteiger partial charge in [-0.25, -0.2) is 4.79 Å². The van der Waals surface area contributed by atoms with E-state index >= 15 is 0 Å². The molecule has 0 amide bonds. The summed E-state index contributed by atoms with van der Waals surface area (Å²) in [5.74, 6) is -0.504. The number of carboxylic acid groups (broad SMARTS) is 1. The minimum Gasteiger partial charge on any atom is -0.479 e. The SMILES string of the molecule is CCC(Nc1ccccc1Br)(C(=O)O)C1CC1. The van der Waals surface area contributed by atoms with Crippen LogP contribution in [0.25, 0.3) is 0 Å². The van der Waals surface area contributed by atoms with E-state index in [0.717, 1.165) is 23.0 Å². The number of para-hydroxylation sites is 1. The van der Waals surface area contributed by atoms with Crippen molar-refractivity contribution < 1.29 is 9.90 Å². The lowest BCUT2D eigenvalue weighted by atomic mass is 9.89. The Hall–Kier alpha value is -1.03. The molecule has 0 spiro atoms. The Morgan fingerprint density at radius 1 is 1.53 bits per heavy atom. The first-order valence-corrected chi connectivity index (χ1v) is 6.65. The lowest BCUT2D eigenvalue weighted by molar-refractivity contribution is -0.143. The summed E-state index contributed by atoms with van der Waals surface area (Å²) in [6, 6.07) is 7.64. The van der Waals surface area contributed by atoms with E-state index in [1.165, 1.54) is 0 Å². The zero-order chi connectivity index (χ0) is 12.5. The lowest BCUT2D eigenvalue weighted by Crippen LogP contribution is -2.48. The molecule has 0 aromatic heterocycles. The molecule has 0 heterocycles. The number of hydrogen-bond acceptors (Lipinski definition) is 2. The van der Waals surface area contributed by atoms with E-state index in [-0.39, 0.29) is 5.92 Å². The quantitative estimate of drug-likeness (QED) is 0.874. The average Bonchev–Trinajstić information content (AvgIpc) is 3.12. The Balaban J connectivity index is 2.30. The zero-order valence-corrected chi connectivity index (χ0v) is 11.3. The third-order valence-corrected chi connectivity index (χ3v) is 4.14. The normalized spacial score (nSPS) is 18.5. The van der Waals surface area contributed by atoms with Crippen molar-refractivity contribution in [2.45, 2.75) is 31.7 Å². The maximum Gasteiger partial charge on any atom is 0.329 e. The molecule has 2 rings (SSSR count). The first-order valence-electron chi connectivity index (χ1n) is 5.86. The van der Waals surface area contributed by atoms with E-state index in [0.29, 0.717) is 6.42 Å². The summed E-state index contributed by atoms with van der Waals surface area (Å²) in [7, 11) is 0. The van der Waals surface area contributed by atoms with Gasteiger partial charge in [0.15, 0.2) is 0 Å². The third kappa shape index (κ3) is 2.32. The number of rotatable bonds is 5. The van der Waals surface area contributed by atoms with E-state index in [1.54, 1.807) is 0 Å². The summed E-state index contributed by atoms with van der Waals surface area (Å²) in [6.07, 6.45) is 2.59. The van der Waals surface area contributed by atoms with Crippen LogP contribution < -0.4 is 5.32 Å². The van der Waals surface area contributed by atoms with Gasteiger partial charge >= 0.3 is 5.97 Å². The minimum absolute atomic E-state index is 0.247. The van der Waals surface area contributed by atoms with Crippen LogP contribution in [-0.4, -0.2) is 16.6 Å². The topological polar surface area (TPSA) is 49.3 Å². The van der Waals surface area contributed by atoms with Crippen LogP contribution in [0.15, 0.2) is 28.7 Å². The molecule has 0 aliphatic heterocycles. The molecule has 2 N–H and O–H groups in total. The number of benzene rings is 1. The molecule has 1 fully saturated rings. The van der Waals surface area contributed by atoms with Crippen LogP contribution in [-0.2, 0) is 4.79 Å². The Labute approximate surface area is 109 Å². The zero-order valence-electron chi connectivity index (χ0n) is 9.74. The highest BCUT2D eigenvalue weighted by Crippen LogP contribution is 2.44. The molecule has 1 aromatic carbocycles. The van der Waals surface area contributed by atoms with Crippen LogP contribution in [0.2, 0.25) is 0 Å². The van der Waals surface area contributed by atoms with Gasteiger partial charge in [0.2, 0.25) is 0 Å². The molecule has 1 unspecified atom stereocenters. The molecule has 1 saturated carbocycles. The predicted octanol–water partition coefficient (Wildman–Crippen LogP) is 3.50. The number of hydrogen-bond donors (Lipinski definition) is 2. The fourth-order valence-corrected chi connectivity index (χ4v) is 2.62. The van der Waals surface area contributed by atoms with Crippen LogP contribution >= 0.6 is 15.9 Å². The molecule has 0 bridgehead atoms. The summed E-state index contributed by atoms with van der Waals surface area (Å²) in [5.41, 5.74) is 0.0350. The smallest absolute Gasteiger partial charge is 0.329 e. The second-order valence-electron chi connectivity index (χ2n) is 4.51. The fourth-order valence-electron chi connectivity index (χ4n) is 2.24. The van der Waals surface area contributed by atoms with Crippen molar-refractivity contribution in [2.75, 3.05) is 5.32 Å². The number of halogens is 1. The van der Waals surface area contributed by atoms with Crippen molar-refractivity contribution in [3.05, 3.63) is 28.7 Å². The highest BCUT2D eigenvalue weighted by atomic mass is 79.9. The van der Waals surface area contributed by atoms with Crippen molar-refractivity contribution >= 4 is 27.6 Å². The second-order valence-corrected chi connectivity index (χ2v) is 5.36. The van der Waals surface area contributed by atoms with Gasteiger partial charge in [0.25, 0.3) is 0 Å². The number of carbonyl (C=O) groups is 1. The van der Waals surface area contributed by atoms with Crippen LogP contribution in [0, 0.1) is 5.92 Å². The largest absolute Gasteiger partial charge is 0.479 e. The fraction of sp³-hybridized carbons (Fsp3) is 0.462. The van der Waals surface area contributed by atoms with Gasteiger partial charge in [-0.15, -0.1) is 0 Å². The van der Waals surface area contributed by atoms with Crippen LogP contribution in [0.4, 0.5) is 5.69 Å². The van der Waals surface area contributed by atoms with Gasteiger partial charge in [0.05, 0.1) is 0 Å². The lowest BCUT2D eigenvalue weighted by Gasteiger charge is -2.31. The first kappa shape index (κ1) is 12.4. The molecule has 1 aliphatic carbocycles. The minimum atomic E-state index is -0.816. The van der Waals surface area contributed by atoms with Crippen molar-refractivity contribution in [1.29, 1.82) is 0 Å². The van der Waals surface area contributed by atoms with Gasteiger partial charge < -0.3 is 10.4 Å². The van der Waals surface area contributed by atoms with Gasteiger partial charge in [-0.05, 0) is 53.2 Å². The summed E-state index contributed by atoms with van der Waals surface area (Å²) in [4.78, 5) is 11.6. The Bertz CT molecular complexity index is 431. The monoisotopic (exact) mass is 297 g/mol. The maximum absolute atomic E-state index is 11.6. The molecule has 1 atom stereocenters. The summed E-state index contributed by atoms with van der Waals surface area (Å²) in [6.45, 7) is 1.93. The standard InChI is InChI=1S/C13H16BrNO2/c1-2-13(12(16)17,9-7-8-9)15-11-6-4-3-5-10(11)14/h3-6,9,15H,2,7-8H2,1H3,(H,16,17). The van der Waals surface area contributed by atoms with E-state index in [4.69, 9.17) is 0 Å². The predicted molar refractivity (Wildman–Crippen MR) is 71.1 cm³/mol. The second kappa shape index (κ2) is 4.69. The van der Waals surface area contributed by atoms with Gasteiger partial charge in [0.1, 0.15) is 5.54 Å². The number of anilines is 1. The number of carboxylic acids is 1. The van der Waals surface area contributed by atoms with Crippen LogP contribution in [0.1, 0.15) is 26.2 Å². The first-order chi connectivity index (χ1) is 8.10. The molecule has 1 aromatic rings. The van der Waals surface area contributed by atoms with Crippen LogP contribution in [0.5, 0.6) is 0 Å². The van der Waals surface area contributed by atoms with E-state index in [2.05, 4.69) is 21.2 Å². The van der Waals surface area contributed by atoms with E-state index < -0.39 is 11.5 Å². The number of nitrogens with one attached hydrogen (secondary N) is 1. The van der Waals surface area contributed by atoms with Gasteiger partial charge in [-0.3, -0.25) is 0 Å². The Kier molecular flexibility index (Phi) is 3.43. The average molecular weight is 298 g/mol. The highest BCUT2D eigenvalue weighted by molar-refractivity contribution is 9.10. The van der Waals surface area contributed by atoms with Crippen molar-refractivity contribution in [1.82, 2.24) is 0 Å². The molecular formula is C13H16BrNO2. The van der Waals surface area contributed by atoms with Crippen LogP contribution in [0.3, 0.4) is 0 Å². The van der Waals surface area contributed by atoms with Crippen molar-refractivity contribution in [3.63, 3.8) is 0 Å². The summed E-state index contributed by atoms with van der Waals surface area (Å²) in [5, 5.41) is 12.7.